The lowest BCUT2D eigenvalue weighted by Crippen LogP contribution is -2.21. The van der Waals surface area contributed by atoms with E-state index in [1.807, 2.05) is 0 Å². The van der Waals surface area contributed by atoms with Gasteiger partial charge in [0, 0.05) is 13.0 Å². The summed E-state index contributed by atoms with van der Waals surface area (Å²) in [7, 11) is 1.53. The van der Waals surface area contributed by atoms with E-state index in [2.05, 4.69) is 10.6 Å². The van der Waals surface area contributed by atoms with Gasteiger partial charge in [0.25, 0.3) is 5.91 Å². The van der Waals surface area contributed by atoms with Crippen molar-refractivity contribution >= 4 is 34.1 Å². The molecule has 0 radical (unpaired) electrons. The molecule has 23 heavy (non-hydrogen) atoms. The maximum atomic E-state index is 12.4. The van der Waals surface area contributed by atoms with Crippen LogP contribution in [0.1, 0.15) is 58.2 Å². The van der Waals surface area contributed by atoms with E-state index in [0.717, 1.165) is 37.0 Å². The number of carbonyl (C=O) groups excluding carboxylic acids is 3. The van der Waals surface area contributed by atoms with Gasteiger partial charge < -0.3 is 15.4 Å². The van der Waals surface area contributed by atoms with Crippen molar-refractivity contribution in [3.63, 3.8) is 0 Å². The Morgan fingerprint density at radius 1 is 1.26 bits per heavy atom. The highest BCUT2D eigenvalue weighted by atomic mass is 32.1. The highest BCUT2D eigenvalue weighted by Crippen LogP contribution is 2.35. The van der Waals surface area contributed by atoms with Crippen molar-refractivity contribution in [3.05, 3.63) is 16.0 Å². The smallest absolute Gasteiger partial charge is 0.341 e. The molecular formula is C16H22N2O4S. The van der Waals surface area contributed by atoms with Gasteiger partial charge >= 0.3 is 5.97 Å². The second kappa shape index (κ2) is 7.59. The van der Waals surface area contributed by atoms with Crippen molar-refractivity contribution in [2.45, 2.75) is 39.5 Å². The third-order valence-corrected chi connectivity index (χ3v) is 5.23. The first-order chi connectivity index (χ1) is 11.0. The number of hydrogen-bond donors (Lipinski definition) is 2. The van der Waals surface area contributed by atoms with Crippen LogP contribution in [-0.2, 0) is 9.53 Å². The average Bonchev–Trinajstić information content (AvgIpc) is 3.15. The summed E-state index contributed by atoms with van der Waals surface area (Å²) in [4.78, 5) is 36.9. The average molecular weight is 338 g/mol. The third-order valence-electron chi connectivity index (χ3n) is 4.02. The van der Waals surface area contributed by atoms with Crippen LogP contribution in [0.15, 0.2) is 0 Å². The van der Waals surface area contributed by atoms with Gasteiger partial charge in [0.1, 0.15) is 5.00 Å². The molecule has 1 aliphatic carbocycles. The molecule has 0 unspecified atom stereocenters. The Labute approximate surface area is 139 Å². The van der Waals surface area contributed by atoms with Crippen LogP contribution in [-0.4, -0.2) is 31.4 Å². The second-order valence-electron chi connectivity index (χ2n) is 5.53. The molecular weight excluding hydrogens is 316 g/mol. The lowest BCUT2D eigenvalue weighted by atomic mass is 10.1. The molecule has 1 aromatic rings. The van der Waals surface area contributed by atoms with Gasteiger partial charge in [-0.3, -0.25) is 9.59 Å². The number of hydrogen-bond acceptors (Lipinski definition) is 5. The zero-order valence-corrected chi connectivity index (χ0v) is 14.5. The summed E-state index contributed by atoms with van der Waals surface area (Å²) in [6.07, 6.45) is 3.84. The maximum Gasteiger partial charge on any atom is 0.341 e. The number of rotatable bonds is 5. The van der Waals surface area contributed by atoms with Crippen LogP contribution < -0.4 is 10.6 Å². The molecule has 1 saturated carbocycles. The third kappa shape index (κ3) is 3.72. The van der Waals surface area contributed by atoms with Crippen LogP contribution in [0, 0.1) is 12.8 Å². The van der Waals surface area contributed by atoms with Gasteiger partial charge in [-0.2, -0.15) is 0 Å². The first-order valence-corrected chi connectivity index (χ1v) is 8.64. The monoisotopic (exact) mass is 338 g/mol. The summed E-state index contributed by atoms with van der Waals surface area (Å²) >= 11 is 1.12. The minimum absolute atomic E-state index is 0.0177. The van der Waals surface area contributed by atoms with E-state index in [4.69, 9.17) is 4.74 Å². The van der Waals surface area contributed by atoms with Gasteiger partial charge in [-0.05, 0) is 32.3 Å². The van der Waals surface area contributed by atoms with Gasteiger partial charge in [0.2, 0.25) is 5.91 Å². The molecule has 7 heteroatoms. The molecule has 0 saturated heterocycles. The van der Waals surface area contributed by atoms with E-state index >= 15 is 0 Å². The van der Waals surface area contributed by atoms with E-state index in [9.17, 15) is 14.4 Å². The molecule has 0 atom stereocenters. The lowest BCUT2D eigenvalue weighted by Gasteiger charge is -2.10. The fourth-order valence-electron chi connectivity index (χ4n) is 2.78. The quantitative estimate of drug-likeness (QED) is 0.809. The van der Waals surface area contributed by atoms with Crippen molar-refractivity contribution in [3.8, 4) is 0 Å². The summed E-state index contributed by atoms with van der Waals surface area (Å²) in [5.41, 5.74) is 0.816. The van der Waals surface area contributed by atoms with Gasteiger partial charge in [0.05, 0.1) is 17.0 Å². The molecule has 0 bridgehead atoms. The minimum atomic E-state index is -0.516. The zero-order chi connectivity index (χ0) is 17.0. The minimum Gasteiger partial charge on any atom is -0.462 e. The molecule has 1 fully saturated rings. The van der Waals surface area contributed by atoms with E-state index in [1.165, 1.54) is 7.05 Å². The van der Waals surface area contributed by atoms with E-state index < -0.39 is 5.97 Å². The summed E-state index contributed by atoms with van der Waals surface area (Å²) < 4.78 is 5.07. The number of amides is 2. The Kier molecular flexibility index (Phi) is 5.76. The van der Waals surface area contributed by atoms with Crippen molar-refractivity contribution < 1.29 is 19.1 Å². The van der Waals surface area contributed by atoms with Crippen LogP contribution in [0.5, 0.6) is 0 Å². The molecule has 1 aliphatic rings. The fourth-order valence-corrected chi connectivity index (χ4v) is 3.93. The number of anilines is 1. The lowest BCUT2D eigenvalue weighted by molar-refractivity contribution is -0.119. The number of ether oxygens (including phenoxy) is 1. The zero-order valence-electron chi connectivity index (χ0n) is 13.7. The van der Waals surface area contributed by atoms with Crippen molar-refractivity contribution in [1.29, 1.82) is 0 Å². The van der Waals surface area contributed by atoms with Gasteiger partial charge in [-0.25, -0.2) is 4.79 Å². The normalized spacial score (nSPS) is 14.6. The molecule has 2 amide bonds. The van der Waals surface area contributed by atoms with E-state index in [-0.39, 0.29) is 29.9 Å². The number of carbonyl (C=O) groups is 3. The van der Waals surface area contributed by atoms with Gasteiger partial charge in [-0.15, -0.1) is 11.3 Å². The van der Waals surface area contributed by atoms with Crippen LogP contribution in [0.25, 0.3) is 0 Å². The molecule has 2 N–H and O–H groups in total. The van der Waals surface area contributed by atoms with Gasteiger partial charge in [0.15, 0.2) is 0 Å². The van der Waals surface area contributed by atoms with Crippen molar-refractivity contribution in [2.75, 3.05) is 19.0 Å². The van der Waals surface area contributed by atoms with Crippen LogP contribution in [0.4, 0.5) is 5.00 Å². The predicted octanol–water partition coefficient (Wildman–Crippen LogP) is 2.72. The maximum absolute atomic E-state index is 12.4. The predicted molar refractivity (Wildman–Crippen MR) is 89.0 cm³/mol. The van der Waals surface area contributed by atoms with Crippen molar-refractivity contribution in [2.24, 2.45) is 5.92 Å². The van der Waals surface area contributed by atoms with Crippen LogP contribution in [0.3, 0.4) is 0 Å². The van der Waals surface area contributed by atoms with Crippen LogP contribution >= 0.6 is 11.3 Å². The van der Waals surface area contributed by atoms with Crippen molar-refractivity contribution in [1.82, 2.24) is 5.32 Å². The Morgan fingerprint density at radius 3 is 2.48 bits per heavy atom. The van der Waals surface area contributed by atoms with E-state index in [1.54, 1.807) is 13.8 Å². The molecule has 0 aliphatic heterocycles. The largest absolute Gasteiger partial charge is 0.462 e. The highest BCUT2D eigenvalue weighted by molar-refractivity contribution is 7.18. The summed E-state index contributed by atoms with van der Waals surface area (Å²) in [5, 5.41) is 5.78. The standard InChI is InChI=1S/C16H22N2O4S/c1-4-22-16(21)11-9(2)12(14(20)17-3)23-15(11)18-13(19)10-7-5-6-8-10/h10H,4-8H2,1-3H3,(H,17,20)(H,18,19). The summed E-state index contributed by atoms with van der Waals surface area (Å²) in [5.74, 6) is -0.897. The van der Waals surface area contributed by atoms with Gasteiger partial charge in [-0.1, -0.05) is 12.8 Å². The first kappa shape index (κ1) is 17.5. The number of nitrogens with one attached hydrogen (secondary N) is 2. The highest BCUT2D eigenvalue weighted by Gasteiger charge is 2.29. The Balaban J connectivity index is 2.33. The fraction of sp³-hybridized carbons (Fsp3) is 0.562. The molecule has 1 aromatic heterocycles. The Morgan fingerprint density at radius 2 is 1.91 bits per heavy atom. The molecule has 0 aromatic carbocycles. The molecule has 126 valence electrons. The summed E-state index contributed by atoms with van der Waals surface area (Å²) in [6, 6.07) is 0. The number of esters is 1. The molecule has 2 rings (SSSR count). The topological polar surface area (TPSA) is 84.5 Å². The Hall–Kier alpha value is -1.89. The second-order valence-corrected chi connectivity index (χ2v) is 6.55. The SMILES string of the molecule is CCOC(=O)c1c(NC(=O)C2CCCC2)sc(C(=O)NC)c1C. The van der Waals surface area contributed by atoms with Crippen LogP contribution in [0.2, 0.25) is 0 Å². The summed E-state index contributed by atoms with van der Waals surface area (Å²) in [6.45, 7) is 3.65. The van der Waals surface area contributed by atoms with E-state index in [0.29, 0.717) is 15.4 Å². The number of thiophene rings is 1. The molecule has 6 nitrogen and oxygen atoms in total. The molecule has 0 spiro atoms. The Bertz CT molecular complexity index is 618. The first-order valence-electron chi connectivity index (χ1n) is 7.83. The molecule has 1 heterocycles.